The minimum atomic E-state index is 0.842. The Morgan fingerprint density at radius 3 is 2.45 bits per heavy atom. The number of aryl methyl sites for hydroxylation is 1. The van der Waals surface area contributed by atoms with E-state index in [9.17, 15) is 0 Å². The zero-order valence-corrected chi connectivity index (χ0v) is 11.9. The number of anilines is 1. The number of rotatable bonds is 3. The van der Waals surface area contributed by atoms with Gasteiger partial charge in [0.15, 0.2) is 0 Å². The summed E-state index contributed by atoms with van der Waals surface area (Å²) in [5.41, 5.74) is 1.39. The molecule has 0 unspecified atom stereocenters. The molecule has 0 saturated carbocycles. The molecule has 4 nitrogen and oxygen atoms in total. The molecule has 0 N–H and O–H groups in total. The fourth-order valence-electron chi connectivity index (χ4n) is 2.60. The molecule has 20 heavy (non-hydrogen) atoms. The van der Waals surface area contributed by atoms with E-state index in [-0.39, 0.29) is 0 Å². The summed E-state index contributed by atoms with van der Waals surface area (Å²) in [5.74, 6) is 1.89. The molecule has 2 aromatic rings. The second-order valence-corrected chi connectivity index (χ2v) is 5.21. The molecule has 0 bridgehead atoms. The van der Waals surface area contributed by atoms with Gasteiger partial charge in [-0.1, -0.05) is 30.3 Å². The van der Waals surface area contributed by atoms with Crippen molar-refractivity contribution in [1.29, 1.82) is 0 Å². The molecule has 0 spiro atoms. The minimum absolute atomic E-state index is 0.842. The van der Waals surface area contributed by atoms with Crippen molar-refractivity contribution in [3.63, 3.8) is 0 Å². The average Bonchev–Trinajstić information content (AvgIpc) is 2.49. The highest BCUT2D eigenvalue weighted by atomic mass is 15.3. The maximum atomic E-state index is 4.50. The Kier molecular flexibility index (Phi) is 3.92. The molecule has 2 heterocycles. The van der Waals surface area contributed by atoms with Crippen LogP contribution in [0.5, 0.6) is 0 Å². The van der Waals surface area contributed by atoms with E-state index in [0.29, 0.717) is 0 Å². The van der Waals surface area contributed by atoms with Gasteiger partial charge in [0.2, 0.25) is 0 Å². The van der Waals surface area contributed by atoms with Crippen molar-refractivity contribution in [2.75, 3.05) is 31.1 Å². The lowest BCUT2D eigenvalue weighted by Crippen LogP contribution is -2.46. The van der Waals surface area contributed by atoms with Crippen molar-refractivity contribution in [1.82, 2.24) is 14.9 Å². The van der Waals surface area contributed by atoms with E-state index < -0.39 is 0 Å². The summed E-state index contributed by atoms with van der Waals surface area (Å²) in [6, 6.07) is 12.7. The topological polar surface area (TPSA) is 32.3 Å². The number of aromatic nitrogens is 2. The smallest absolute Gasteiger partial charge is 0.132 e. The van der Waals surface area contributed by atoms with Crippen LogP contribution >= 0.6 is 0 Å². The van der Waals surface area contributed by atoms with Gasteiger partial charge in [-0.3, -0.25) is 4.90 Å². The van der Waals surface area contributed by atoms with E-state index in [1.807, 2.05) is 19.2 Å². The average molecular weight is 268 g/mol. The SMILES string of the molecule is Cc1nccc(N2CCN(Cc3ccccc3)CC2)n1. The second kappa shape index (κ2) is 6.01. The Morgan fingerprint density at radius 1 is 1.00 bits per heavy atom. The number of hydrogen-bond acceptors (Lipinski definition) is 4. The highest BCUT2D eigenvalue weighted by Crippen LogP contribution is 2.14. The fraction of sp³-hybridized carbons (Fsp3) is 0.375. The van der Waals surface area contributed by atoms with E-state index >= 15 is 0 Å². The predicted molar refractivity (Wildman–Crippen MR) is 80.7 cm³/mol. The second-order valence-electron chi connectivity index (χ2n) is 5.21. The predicted octanol–water partition coefficient (Wildman–Crippen LogP) is 2.11. The van der Waals surface area contributed by atoms with Gasteiger partial charge in [0, 0.05) is 38.9 Å². The molecular formula is C16H20N4. The molecule has 3 rings (SSSR count). The lowest BCUT2D eigenvalue weighted by Gasteiger charge is -2.35. The van der Waals surface area contributed by atoms with Crippen LogP contribution in [-0.2, 0) is 6.54 Å². The molecule has 1 fully saturated rings. The first-order valence-electron chi connectivity index (χ1n) is 7.12. The third-order valence-corrected chi connectivity index (χ3v) is 3.71. The summed E-state index contributed by atoms with van der Waals surface area (Å²) in [6.45, 7) is 7.20. The van der Waals surface area contributed by atoms with Crippen LogP contribution in [0.1, 0.15) is 11.4 Å². The van der Waals surface area contributed by atoms with Gasteiger partial charge >= 0.3 is 0 Å². The van der Waals surface area contributed by atoms with Crippen LogP contribution in [0.4, 0.5) is 5.82 Å². The van der Waals surface area contributed by atoms with Gasteiger partial charge in [-0.25, -0.2) is 9.97 Å². The van der Waals surface area contributed by atoms with E-state index in [2.05, 4.69) is 50.1 Å². The van der Waals surface area contributed by atoms with Crippen LogP contribution in [0.3, 0.4) is 0 Å². The van der Waals surface area contributed by atoms with Crippen LogP contribution in [0, 0.1) is 6.92 Å². The Morgan fingerprint density at radius 2 is 1.75 bits per heavy atom. The maximum Gasteiger partial charge on any atom is 0.132 e. The summed E-state index contributed by atoms with van der Waals surface area (Å²) < 4.78 is 0. The first-order chi connectivity index (χ1) is 9.81. The molecule has 4 heteroatoms. The maximum absolute atomic E-state index is 4.50. The van der Waals surface area contributed by atoms with Gasteiger partial charge in [0.05, 0.1) is 0 Å². The van der Waals surface area contributed by atoms with Gasteiger partial charge in [0.25, 0.3) is 0 Å². The number of hydrogen-bond donors (Lipinski definition) is 0. The highest BCUT2D eigenvalue weighted by Gasteiger charge is 2.18. The van der Waals surface area contributed by atoms with Crippen LogP contribution < -0.4 is 4.90 Å². The molecule has 1 aliphatic heterocycles. The lowest BCUT2D eigenvalue weighted by molar-refractivity contribution is 0.249. The zero-order chi connectivity index (χ0) is 13.8. The Hall–Kier alpha value is -1.94. The van der Waals surface area contributed by atoms with Crippen molar-refractivity contribution in [3.05, 3.63) is 54.0 Å². The third kappa shape index (κ3) is 3.14. The quantitative estimate of drug-likeness (QED) is 0.853. The zero-order valence-electron chi connectivity index (χ0n) is 11.9. The van der Waals surface area contributed by atoms with E-state index in [1.54, 1.807) is 0 Å². The Balaban J connectivity index is 1.57. The molecule has 1 aromatic carbocycles. The molecule has 0 radical (unpaired) electrons. The molecule has 1 aliphatic rings. The van der Waals surface area contributed by atoms with Crippen molar-refractivity contribution in [2.24, 2.45) is 0 Å². The summed E-state index contributed by atoms with van der Waals surface area (Å²) in [4.78, 5) is 13.5. The molecule has 0 aliphatic carbocycles. The number of benzene rings is 1. The standard InChI is InChI=1S/C16H20N4/c1-14-17-8-7-16(18-14)20-11-9-19(10-12-20)13-15-5-3-2-4-6-15/h2-8H,9-13H2,1H3. The highest BCUT2D eigenvalue weighted by molar-refractivity contribution is 5.38. The summed E-state index contributed by atoms with van der Waals surface area (Å²) in [6.07, 6.45) is 1.84. The summed E-state index contributed by atoms with van der Waals surface area (Å²) >= 11 is 0. The van der Waals surface area contributed by atoms with Crippen LogP contribution in [-0.4, -0.2) is 41.0 Å². The van der Waals surface area contributed by atoms with E-state index in [1.165, 1.54) is 5.56 Å². The summed E-state index contributed by atoms with van der Waals surface area (Å²) in [5, 5.41) is 0. The molecule has 104 valence electrons. The lowest BCUT2D eigenvalue weighted by atomic mass is 10.2. The van der Waals surface area contributed by atoms with Gasteiger partial charge in [0.1, 0.15) is 11.6 Å². The Labute approximate surface area is 120 Å². The first-order valence-corrected chi connectivity index (χ1v) is 7.12. The van der Waals surface area contributed by atoms with Gasteiger partial charge in [-0.2, -0.15) is 0 Å². The van der Waals surface area contributed by atoms with Crippen LogP contribution in [0.15, 0.2) is 42.6 Å². The first kappa shape index (κ1) is 13.1. The monoisotopic (exact) mass is 268 g/mol. The summed E-state index contributed by atoms with van der Waals surface area (Å²) in [7, 11) is 0. The molecular weight excluding hydrogens is 248 g/mol. The molecule has 0 atom stereocenters. The molecule has 1 saturated heterocycles. The normalized spacial score (nSPS) is 16.4. The van der Waals surface area contributed by atoms with Gasteiger partial charge in [-0.05, 0) is 18.6 Å². The van der Waals surface area contributed by atoms with Crippen molar-refractivity contribution in [3.8, 4) is 0 Å². The fourth-order valence-corrected chi connectivity index (χ4v) is 2.60. The molecule has 0 amide bonds. The van der Waals surface area contributed by atoms with Gasteiger partial charge < -0.3 is 4.90 Å². The van der Waals surface area contributed by atoms with E-state index in [4.69, 9.17) is 0 Å². The van der Waals surface area contributed by atoms with Crippen LogP contribution in [0.25, 0.3) is 0 Å². The number of nitrogens with zero attached hydrogens (tertiary/aromatic N) is 4. The van der Waals surface area contributed by atoms with Crippen molar-refractivity contribution in [2.45, 2.75) is 13.5 Å². The van der Waals surface area contributed by atoms with Crippen LogP contribution in [0.2, 0.25) is 0 Å². The third-order valence-electron chi connectivity index (χ3n) is 3.71. The minimum Gasteiger partial charge on any atom is -0.354 e. The van der Waals surface area contributed by atoms with Crippen molar-refractivity contribution < 1.29 is 0 Å². The largest absolute Gasteiger partial charge is 0.354 e. The Bertz CT molecular complexity index is 547. The van der Waals surface area contributed by atoms with Gasteiger partial charge in [-0.15, -0.1) is 0 Å². The molecule has 1 aromatic heterocycles. The van der Waals surface area contributed by atoms with E-state index in [0.717, 1.165) is 44.4 Å². The number of piperazine rings is 1. The van der Waals surface area contributed by atoms with Crippen molar-refractivity contribution >= 4 is 5.82 Å².